The van der Waals surface area contributed by atoms with Crippen LogP contribution in [-0.4, -0.2) is 32.3 Å². The van der Waals surface area contributed by atoms with E-state index in [1.807, 2.05) is 32.2 Å². The minimum absolute atomic E-state index is 0.187. The van der Waals surface area contributed by atoms with Crippen LogP contribution in [0.25, 0.3) is 6.08 Å². The summed E-state index contributed by atoms with van der Waals surface area (Å²) in [5.74, 6) is 1.98. The maximum Gasteiger partial charge on any atom is 0.188 e. The fourth-order valence-electron chi connectivity index (χ4n) is 2.14. The second-order valence-electron chi connectivity index (χ2n) is 6.42. The largest absolute Gasteiger partial charge is 0.479 e. The molecule has 0 bridgehead atoms. The molecule has 0 N–H and O–H groups in total. The lowest BCUT2D eigenvalue weighted by Crippen LogP contribution is -2.28. The molecule has 0 spiro atoms. The molecule has 4 heteroatoms. The molecule has 0 unspecified atom stereocenters. The molecule has 1 aromatic carbocycles. The van der Waals surface area contributed by atoms with Crippen LogP contribution in [0.3, 0.4) is 0 Å². The van der Waals surface area contributed by atoms with Crippen molar-refractivity contribution in [1.82, 2.24) is 0 Å². The Balaban J connectivity index is 2.33. The zero-order valence-electron chi connectivity index (χ0n) is 14.1. The minimum Gasteiger partial charge on any atom is -0.479 e. The van der Waals surface area contributed by atoms with Crippen LogP contribution in [0.4, 0.5) is 0 Å². The molecule has 0 atom stereocenters. The van der Waals surface area contributed by atoms with E-state index in [-0.39, 0.29) is 12.4 Å². The third-order valence-electron chi connectivity index (χ3n) is 3.18. The van der Waals surface area contributed by atoms with E-state index >= 15 is 0 Å². The van der Waals surface area contributed by atoms with Crippen LogP contribution in [0.5, 0.6) is 11.5 Å². The van der Waals surface area contributed by atoms with E-state index in [1.54, 1.807) is 7.11 Å². The van der Waals surface area contributed by atoms with Gasteiger partial charge in [0.05, 0.1) is 0 Å². The van der Waals surface area contributed by atoms with E-state index < -0.39 is 0 Å². The van der Waals surface area contributed by atoms with Crippen LogP contribution < -0.4 is 9.47 Å². The first-order valence-electron chi connectivity index (χ1n) is 7.59. The molecular formula is C18H25NO3. The first-order valence-corrected chi connectivity index (χ1v) is 7.59. The van der Waals surface area contributed by atoms with Crippen molar-refractivity contribution in [3.05, 3.63) is 29.3 Å². The number of ether oxygens (including phenoxy) is 3. The maximum atomic E-state index is 6.03. The predicted octanol–water partition coefficient (Wildman–Crippen LogP) is 3.93. The van der Waals surface area contributed by atoms with Crippen LogP contribution in [0, 0.1) is 5.92 Å². The van der Waals surface area contributed by atoms with Crippen LogP contribution in [0.1, 0.15) is 38.8 Å². The highest BCUT2D eigenvalue weighted by Gasteiger charge is 2.25. The molecule has 1 aromatic rings. The van der Waals surface area contributed by atoms with Gasteiger partial charge in [0.2, 0.25) is 0 Å². The highest BCUT2D eigenvalue weighted by Crippen LogP contribution is 2.39. The van der Waals surface area contributed by atoms with Crippen molar-refractivity contribution in [2.75, 3.05) is 20.4 Å². The molecule has 1 heterocycles. The quantitative estimate of drug-likeness (QED) is 0.590. The van der Waals surface area contributed by atoms with Gasteiger partial charge >= 0.3 is 0 Å². The Morgan fingerprint density at radius 1 is 1.32 bits per heavy atom. The van der Waals surface area contributed by atoms with Gasteiger partial charge in [0.15, 0.2) is 18.3 Å². The number of hydrogen-bond acceptors (Lipinski definition) is 4. The normalized spacial score (nSPS) is 15.9. The Bertz CT molecular complexity index is 574. The van der Waals surface area contributed by atoms with Crippen molar-refractivity contribution < 1.29 is 14.2 Å². The van der Waals surface area contributed by atoms with Gasteiger partial charge in [0.1, 0.15) is 5.60 Å². The van der Waals surface area contributed by atoms with Crippen molar-refractivity contribution in [3.63, 3.8) is 0 Å². The standard InChI is InChI=1S/C18H25NO3/c1-13(2)10-19-11-14-8-15-6-7-18(3,4)22-17(15)16(9-14)21-12-20-5/h6-9,11,13H,10,12H2,1-5H3. The lowest BCUT2D eigenvalue weighted by molar-refractivity contribution is 0.0454. The van der Waals surface area contributed by atoms with Gasteiger partial charge in [-0.15, -0.1) is 0 Å². The number of rotatable bonds is 6. The van der Waals surface area contributed by atoms with E-state index in [9.17, 15) is 0 Å². The number of methoxy groups -OCH3 is 1. The third-order valence-corrected chi connectivity index (χ3v) is 3.18. The number of fused-ring (bicyclic) bond motifs is 1. The van der Waals surface area contributed by atoms with Crippen LogP contribution >= 0.6 is 0 Å². The summed E-state index contributed by atoms with van der Waals surface area (Å²) < 4.78 is 16.7. The topological polar surface area (TPSA) is 40.0 Å². The maximum absolute atomic E-state index is 6.03. The van der Waals surface area contributed by atoms with Gasteiger partial charge in [-0.1, -0.05) is 19.9 Å². The van der Waals surface area contributed by atoms with Gasteiger partial charge in [-0.2, -0.15) is 0 Å². The number of hydrogen-bond donors (Lipinski definition) is 0. The number of aliphatic imine (C=N–C) groups is 1. The molecule has 0 aromatic heterocycles. The molecule has 1 aliphatic heterocycles. The second-order valence-corrected chi connectivity index (χ2v) is 6.42. The third kappa shape index (κ3) is 4.34. The van der Waals surface area contributed by atoms with Crippen molar-refractivity contribution in [2.45, 2.75) is 33.3 Å². The van der Waals surface area contributed by atoms with Gasteiger partial charge in [-0.05, 0) is 43.5 Å². The number of nitrogens with zero attached hydrogens (tertiary/aromatic N) is 1. The number of benzene rings is 1. The zero-order valence-corrected chi connectivity index (χ0v) is 14.1. The molecule has 22 heavy (non-hydrogen) atoms. The average Bonchev–Trinajstić information content (AvgIpc) is 2.44. The summed E-state index contributed by atoms with van der Waals surface area (Å²) in [5, 5.41) is 0. The molecule has 4 nitrogen and oxygen atoms in total. The zero-order chi connectivity index (χ0) is 16.2. The van der Waals surface area contributed by atoms with Crippen molar-refractivity contribution in [3.8, 4) is 11.5 Å². The highest BCUT2D eigenvalue weighted by atomic mass is 16.7. The summed E-state index contributed by atoms with van der Waals surface area (Å²) in [6, 6.07) is 4.00. The Morgan fingerprint density at radius 2 is 2.09 bits per heavy atom. The summed E-state index contributed by atoms with van der Waals surface area (Å²) in [4.78, 5) is 4.46. The Kier molecular flexibility index (Phi) is 5.24. The first-order chi connectivity index (χ1) is 10.4. The second kappa shape index (κ2) is 6.97. The SMILES string of the molecule is COCOc1cc(C=NCC(C)C)cc2c1OC(C)(C)C=C2. The molecule has 120 valence electrons. The summed E-state index contributed by atoms with van der Waals surface area (Å²) >= 11 is 0. The minimum atomic E-state index is -0.342. The Labute approximate surface area is 132 Å². The molecule has 0 saturated carbocycles. The van der Waals surface area contributed by atoms with Crippen molar-refractivity contribution in [1.29, 1.82) is 0 Å². The smallest absolute Gasteiger partial charge is 0.188 e. The molecule has 0 fully saturated rings. The fraction of sp³-hybridized carbons (Fsp3) is 0.500. The van der Waals surface area contributed by atoms with Gasteiger partial charge in [0, 0.05) is 25.4 Å². The summed E-state index contributed by atoms with van der Waals surface area (Å²) in [6.07, 6.45) is 6.00. The van der Waals surface area contributed by atoms with Gasteiger partial charge < -0.3 is 14.2 Å². The van der Waals surface area contributed by atoms with E-state index in [1.165, 1.54) is 0 Å². The van der Waals surface area contributed by atoms with Crippen LogP contribution in [-0.2, 0) is 4.74 Å². The highest BCUT2D eigenvalue weighted by molar-refractivity contribution is 5.83. The molecule has 0 radical (unpaired) electrons. The molecule has 0 amide bonds. The van der Waals surface area contributed by atoms with E-state index in [4.69, 9.17) is 14.2 Å². The summed E-state index contributed by atoms with van der Waals surface area (Å²) in [5.41, 5.74) is 1.66. The van der Waals surface area contributed by atoms with Crippen molar-refractivity contribution in [2.24, 2.45) is 10.9 Å². The molecule has 0 aliphatic carbocycles. The van der Waals surface area contributed by atoms with Gasteiger partial charge in [0.25, 0.3) is 0 Å². The summed E-state index contributed by atoms with van der Waals surface area (Å²) in [6.45, 7) is 9.33. The monoisotopic (exact) mass is 303 g/mol. The molecular weight excluding hydrogens is 278 g/mol. The first kappa shape index (κ1) is 16.6. The van der Waals surface area contributed by atoms with Gasteiger partial charge in [-0.25, -0.2) is 0 Å². The lowest BCUT2D eigenvalue weighted by atomic mass is 10.0. The lowest BCUT2D eigenvalue weighted by Gasteiger charge is -2.29. The molecule has 0 saturated heterocycles. The Hall–Kier alpha value is -1.81. The van der Waals surface area contributed by atoms with Crippen LogP contribution in [0.15, 0.2) is 23.2 Å². The average molecular weight is 303 g/mol. The summed E-state index contributed by atoms with van der Waals surface area (Å²) in [7, 11) is 1.60. The fourth-order valence-corrected chi connectivity index (χ4v) is 2.14. The van der Waals surface area contributed by atoms with E-state index in [2.05, 4.69) is 31.0 Å². The van der Waals surface area contributed by atoms with Gasteiger partial charge in [-0.3, -0.25) is 4.99 Å². The van der Waals surface area contributed by atoms with Crippen LogP contribution in [0.2, 0.25) is 0 Å². The Morgan fingerprint density at radius 3 is 2.77 bits per heavy atom. The predicted molar refractivity (Wildman–Crippen MR) is 90.0 cm³/mol. The van der Waals surface area contributed by atoms with E-state index in [0.29, 0.717) is 11.7 Å². The molecule has 2 rings (SSSR count). The molecule has 1 aliphatic rings. The van der Waals surface area contributed by atoms with Crippen molar-refractivity contribution >= 4 is 12.3 Å². The van der Waals surface area contributed by atoms with E-state index in [0.717, 1.165) is 23.4 Å².